The molecule has 0 aromatic rings. The minimum Gasteiger partial charge on any atom is -0.394 e. The molecule has 17 atom stereocenters. The summed E-state index contributed by atoms with van der Waals surface area (Å²) in [6.45, 7) is 1.53. The number of allylic oxidation sites excluding steroid dienone is 1. The average Bonchev–Trinajstić information content (AvgIpc) is 3.27. The van der Waals surface area contributed by atoms with Crippen molar-refractivity contribution in [2.45, 2.75) is 234 Å². The maximum atomic E-state index is 13.0. The fourth-order valence-electron chi connectivity index (χ4n) is 8.06. The van der Waals surface area contributed by atoms with Crippen molar-refractivity contribution in [3.8, 4) is 0 Å². The summed E-state index contributed by atoms with van der Waals surface area (Å²) in [6.07, 6.45) is -4.56. The standard InChI is InChI=1S/C44H81NO18/c1-3-5-7-9-10-11-12-13-14-15-16-18-19-21-28(49)27(45-32(50)22-20-17-8-6-4-2)26-58-42-38(56)36(54)40(31(25-48)61-42)62-44-39(57)41(34(52)30(24-47)60-44)63-43-37(55)35(53)33(51)29(23-46)59-43/h19,21,27-31,33-44,46-49,51-57H,3-18,20,22-26H2,1-2H3,(H,45,50)/b21-19+/t27-,28+,29+,30+,31+,33-,34-,35-,36+,37+,38+,39+,40+,41-,42+,43+,44-/m0/s1. The van der Waals surface area contributed by atoms with Crippen LogP contribution in [0.1, 0.15) is 129 Å². The topological polar surface area (TPSA) is 307 Å². The highest BCUT2D eigenvalue weighted by Crippen LogP contribution is 2.33. The molecule has 370 valence electrons. The lowest BCUT2D eigenvalue weighted by atomic mass is 9.96. The molecule has 19 heteroatoms. The number of ether oxygens (including phenoxy) is 6. The van der Waals surface area contributed by atoms with Gasteiger partial charge in [0.1, 0.15) is 73.2 Å². The molecular formula is C44H81NO18. The summed E-state index contributed by atoms with van der Waals surface area (Å²) >= 11 is 0. The van der Waals surface area contributed by atoms with Crippen LogP contribution in [0.4, 0.5) is 0 Å². The highest BCUT2D eigenvalue weighted by molar-refractivity contribution is 5.76. The van der Waals surface area contributed by atoms with Crippen molar-refractivity contribution in [2.75, 3.05) is 26.4 Å². The largest absolute Gasteiger partial charge is 0.394 e. The van der Waals surface area contributed by atoms with E-state index in [-0.39, 0.29) is 18.9 Å². The van der Waals surface area contributed by atoms with Crippen molar-refractivity contribution in [1.82, 2.24) is 5.32 Å². The van der Waals surface area contributed by atoms with E-state index in [0.717, 1.165) is 51.4 Å². The van der Waals surface area contributed by atoms with Crippen LogP contribution in [-0.2, 0) is 33.2 Å². The minimum absolute atomic E-state index is 0.236. The van der Waals surface area contributed by atoms with Crippen LogP contribution in [0.2, 0.25) is 0 Å². The molecule has 0 aliphatic carbocycles. The molecule has 0 aromatic carbocycles. The summed E-state index contributed by atoms with van der Waals surface area (Å²) in [5.41, 5.74) is 0. The number of carbonyl (C=O) groups excluding carboxylic acids is 1. The van der Waals surface area contributed by atoms with Gasteiger partial charge in [0, 0.05) is 6.42 Å². The van der Waals surface area contributed by atoms with Gasteiger partial charge in [-0.3, -0.25) is 4.79 Å². The van der Waals surface area contributed by atoms with E-state index in [9.17, 15) is 61.0 Å². The monoisotopic (exact) mass is 912 g/mol. The fourth-order valence-corrected chi connectivity index (χ4v) is 8.06. The maximum absolute atomic E-state index is 13.0. The second-order valence-corrected chi connectivity index (χ2v) is 17.2. The predicted molar refractivity (Wildman–Crippen MR) is 227 cm³/mol. The lowest BCUT2D eigenvalue weighted by molar-refractivity contribution is -0.380. The molecule has 3 saturated heterocycles. The van der Waals surface area contributed by atoms with Gasteiger partial charge in [-0.05, 0) is 19.3 Å². The van der Waals surface area contributed by atoms with Crippen LogP contribution in [0.3, 0.4) is 0 Å². The third-order valence-electron chi connectivity index (χ3n) is 12.1. The molecule has 12 N–H and O–H groups in total. The van der Waals surface area contributed by atoms with Crippen LogP contribution in [0.25, 0.3) is 0 Å². The van der Waals surface area contributed by atoms with Gasteiger partial charge in [0.25, 0.3) is 0 Å². The van der Waals surface area contributed by atoms with E-state index in [1.807, 2.05) is 6.08 Å². The highest BCUT2D eigenvalue weighted by atomic mass is 16.8. The van der Waals surface area contributed by atoms with Gasteiger partial charge in [-0.2, -0.15) is 0 Å². The molecule has 3 aliphatic rings. The van der Waals surface area contributed by atoms with Gasteiger partial charge < -0.3 is 89.9 Å². The molecule has 63 heavy (non-hydrogen) atoms. The Morgan fingerprint density at radius 2 is 1.03 bits per heavy atom. The zero-order valence-electron chi connectivity index (χ0n) is 37.3. The number of aliphatic hydroxyl groups excluding tert-OH is 11. The Kier molecular flexibility index (Phi) is 27.3. The van der Waals surface area contributed by atoms with Crippen molar-refractivity contribution >= 4 is 5.91 Å². The number of rotatable bonds is 31. The Labute approximate surface area is 372 Å². The van der Waals surface area contributed by atoms with Crippen molar-refractivity contribution in [3.63, 3.8) is 0 Å². The number of aliphatic hydroxyl groups is 11. The molecule has 0 radical (unpaired) electrons. The Morgan fingerprint density at radius 1 is 0.556 bits per heavy atom. The van der Waals surface area contributed by atoms with Crippen LogP contribution in [0.5, 0.6) is 0 Å². The SMILES string of the molecule is CCCCCCCCCCCCC/C=C/[C@@H](O)[C@H](CO[C@@H]1O[C@H](CO)[C@@H](O[C@@H]2O[C@H](CO)[C@H](O)[C@H](O[C@H]3O[C@H](CO)[C@H](O)[C@H](O)[C@H]3O)[C@H]2O)[C@H](O)[C@H]1O)NC(=O)CCCCCCC. The number of hydrogen-bond acceptors (Lipinski definition) is 18. The molecule has 19 nitrogen and oxygen atoms in total. The Hall–Kier alpha value is -1.47. The first-order chi connectivity index (χ1) is 30.3. The Balaban J connectivity index is 1.61. The van der Waals surface area contributed by atoms with Crippen LogP contribution >= 0.6 is 0 Å². The number of unbranched alkanes of at least 4 members (excludes halogenated alkanes) is 15. The van der Waals surface area contributed by atoms with Gasteiger partial charge in [-0.1, -0.05) is 116 Å². The summed E-state index contributed by atoms with van der Waals surface area (Å²) in [5, 5.41) is 119. The second-order valence-electron chi connectivity index (χ2n) is 17.2. The maximum Gasteiger partial charge on any atom is 0.220 e. The van der Waals surface area contributed by atoms with Crippen molar-refractivity contribution in [3.05, 3.63) is 12.2 Å². The number of amides is 1. The molecule has 0 spiro atoms. The van der Waals surface area contributed by atoms with Gasteiger partial charge >= 0.3 is 0 Å². The fraction of sp³-hybridized carbons (Fsp3) is 0.932. The van der Waals surface area contributed by atoms with Crippen molar-refractivity contribution < 1.29 is 89.4 Å². The molecule has 1 amide bonds. The van der Waals surface area contributed by atoms with E-state index in [2.05, 4.69) is 19.2 Å². The summed E-state index contributed by atoms with van der Waals surface area (Å²) in [6, 6.07) is -0.968. The first-order valence-electron chi connectivity index (χ1n) is 23.4. The predicted octanol–water partition coefficient (Wildman–Crippen LogP) is -0.0852. The lowest BCUT2D eigenvalue weighted by Crippen LogP contribution is -2.67. The summed E-state index contributed by atoms with van der Waals surface area (Å²) in [4.78, 5) is 13.0. The molecule has 0 aromatic heterocycles. The highest BCUT2D eigenvalue weighted by Gasteiger charge is 2.54. The van der Waals surface area contributed by atoms with Crippen LogP contribution in [0.15, 0.2) is 12.2 Å². The normalized spacial score (nSPS) is 34.9. The van der Waals surface area contributed by atoms with E-state index in [0.29, 0.717) is 6.42 Å². The smallest absolute Gasteiger partial charge is 0.220 e. The first-order valence-corrected chi connectivity index (χ1v) is 23.4. The van der Waals surface area contributed by atoms with E-state index < -0.39 is 124 Å². The van der Waals surface area contributed by atoms with E-state index in [4.69, 9.17) is 28.4 Å². The average molecular weight is 912 g/mol. The second kappa shape index (κ2) is 30.7. The van der Waals surface area contributed by atoms with Gasteiger partial charge in [0.2, 0.25) is 5.91 Å². The quantitative estimate of drug-likeness (QED) is 0.0320. The number of nitrogens with one attached hydrogen (secondary N) is 1. The molecule has 0 unspecified atom stereocenters. The van der Waals surface area contributed by atoms with Crippen molar-refractivity contribution in [1.29, 1.82) is 0 Å². The summed E-state index contributed by atoms with van der Waals surface area (Å²) < 4.78 is 33.9. The van der Waals surface area contributed by atoms with Gasteiger partial charge in [-0.15, -0.1) is 0 Å². The molecule has 3 aliphatic heterocycles. The Bertz CT molecular complexity index is 1230. The number of hydrogen-bond donors (Lipinski definition) is 12. The molecule has 3 fully saturated rings. The molecule has 0 bridgehead atoms. The van der Waals surface area contributed by atoms with E-state index in [1.54, 1.807) is 6.08 Å². The van der Waals surface area contributed by atoms with Gasteiger partial charge in [0.15, 0.2) is 18.9 Å². The lowest BCUT2D eigenvalue weighted by Gasteiger charge is -2.48. The van der Waals surface area contributed by atoms with Crippen molar-refractivity contribution in [2.24, 2.45) is 0 Å². The Morgan fingerprint density at radius 3 is 1.60 bits per heavy atom. The van der Waals surface area contributed by atoms with Gasteiger partial charge in [-0.25, -0.2) is 0 Å². The van der Waals surface area contributed by atoms with E-state index >= 15 is 0 Å². The molecule has 3 heterocycles. The van der Waals surface area contributed by atoms with Crippen LogP contribution in [0, 0.1) is 0 Å². The summed E-state index contributed by atoms with van der Waals surface area (Å²) in [7, 11) is 0. The van der Waals surface area contributed by atoms with Crippen LogP contribution in [-0.4, -0.2) is 193 Å². The molecule has 3 rings (SSSR count). The zero-order valence-corrected chi connectivity index (χ0v) is 37.3. The third kappa shape index (κ3) is 17.9. The summed E-state index contributed by atoms with van der Waals surface area (Å²) in [5.74, 6) is -0.295. The van der Waals surface area contributed by atoms with Crippen LogP contribution < -0.4 is 5.32 Å². The first kappa shape index (κ1) is 55.9. The van der Waals surface area contributed by atoms with E-state index in [1.165, 1.54) is 51.4 Å². The zero-order chi connectivity index (χ0) is 46.3. The number of carbonyl (C=O) groups is 1. The third-order valence-corrected chi connectivity index (χ3v) is 12.1. The minimum atomic E-state index is -1.96. The molecular weight excluding hydrogens is 830 g/mol. The van der Waals surface area contributed by atoms with Gasteiger partial charge in [0.05, 0.1) is 38.6 Å². The molecule has 0 saturated carbocycles.